The first-order valence-electron chi connectivity index (χ1n) is 4.70. The number of hydrogen-bond donors (Lipinski definition) is 1. The van der Waals surface area contributed by atoms with E-state index in [1.54, 1.807) is 0 Å². The molecule has 0 aliphatic heterocycles. The van der Waals surface area contributed by atoms with Gasteiger partial charge in [-0.1, -0.05) is 0 Å². The minimum absolute atomic E-state index is 0.0799. The van der Waals surface area contributed by atoms with Gasteiger partial charge in [0.1, 0.15) is 18.0 Å². The third-order valence-electron chi connectivity index (χ3n) is 2.24. The highest BCUT2D eigenvalue weighted by Crippen LogP contribution is 2.29. The van der Waals surface area contributed by atoms with E-state index < -0.39 is 28.9 Å². The average molecular weight is 242 g/mol. The van der Waals surface area contributed by atoms with E-state index in [0.29, 0.717) is 0 Å². The Morgan fingerprint density at radius 3 is 2.65 bits per heavy atom. The summed E-state index contributed by atoms with van der Waals surface area (Å²) in [5.74, 6) is -1.81. The van der Waals surface area contributed by atoms with Crippen LogP contribution in [0.4, 0.5) is 15.8 Å². The molecule has 1 aromatic carbocycles. The standard InChI is InChI=1S/C10H11FN2O4/c1-6-3-8(12(2)5-10(14)15)9(13(16)17)4-7(6)11/h3-4H,5H2,1-2H3,(H,14,15). The Kier molecular flexibility index (Phi) is 3.62. The Labute approximate surface area is 96.4 Å². The van der Waals surface area contributed by atoms with Gasteiger partial charge in [-0.2, -0.15) is 0 Å². The van der Waals surface area contributed by atoms with E-state index in [2.05, 4.69) is 0 Å². The van der Waals surface area contributed by atoms with Crippen LogP contribution in [0.15, 0.2) is 12.1 Å². The lowest BCUT2D eigenvalue weighted by atomic mass is 10.1. The molecule has 0 atom stereocenters. The van der Waals surface area contributed by atoms with Crippen molar-refractivity contribution in [2.24, 2.45) is 0 Å². The Hall–Kier alpha value is -2.18. The van der Waals surface area contributed by atoms with Crippen LogP contribution >= 0.6 is 0 Å². The fourth-order valence-electron chi connectivity index (χ4n) is 1.40. The Bertz CT molecular complexity index is 476. The molecular weight excluding hydrogens is 231 g/mol. The second-order valence-electron chi connectivity index (χ2n) is 3.60. The first-order valence-corrected chi connectivity index (χ1v) is 4.70. The number of aryl methyl sites for hydroxylation is 1. The van der Waals surface area contributed by atoms with E-state index in [1.165, 1.54) is 24.9 Å². The molecule has 0 aromatic heterocycles. The minimum Gasteiger partial charge on any atom is -0.480 e. The summed E-state index contributed by atoms with van der Waals surface area (Å²) in [4.78, 5) is 21.7. The van der Waals surface area contributed by atoms with Crippen molar-refractivity contribution in [3.05, 3.63) is 33.6 Å². The number of carboxylic acid groups (broad SMARTS) is 1. The minimum atomic E-state index is -1.12. The molecule has 0 fully saturated rings. The monoisotopic (exact) mass is 242 g/mol. The maximum absolute atomic E-state index is 13.2. The normalized spacial score (nSPS) is 10.1. The zero-order valence-electron chi connectivity index (χ0n) is 9.31. The van der Waals surface area contributed by atoms with Gasteiger partial charge in [-0.05, 0) is 18.6 Å². The van der Waals surface area contributed by atoms with Crippen LogP contribution < -0.4 is 4.90 Å². The number of nitro groups is 1. The molecule has 0 amide bonds. The molecule has 17 heavy (non-hydrogen) atoms. The Morgan fingerprint density at radius 1 is 1.59 bits per heavy atom. The summed E-state index contributed by atoms with van der Waals surface area (Å²) in [7, 11) is 1.40. The summed E-state index contributed by atoms with van der Waals surface area (Å²) in [5.41, 5.74) is -0.143. The molecule has 1 aromatic rings. The van der Waals surface area contributed by atoms with Crippen LogP contribution in [0, 0.1) is 22.9 Å². The molecule has 0 aliphatic carbocycles. The molecule has 0 bridgehead atoms. The van der Waals surface area contributed by atoms with E-state index in [-0.39, 0.29) is 11.3 Å². The largest absolute Gasteiger partial charge is 0.480 e. The zero-order valence-corrected chi connectivity index (χ0v) is 9.31. The van der Waals surface area contributed by atoms with E-state index in [4.69, 9.17) is 5.11 Å². The van der Waals surface area contributed by atoms with Crippen molar-refractivity contribution in [1.29, 1.82) is 0 Å². The predicted molar refractivity (Wildman–Crippen MR) is 58.7 cm³/mol. The van der Waals surface area contributed by atoms with Crippen molar-refractivity contribution in [3.63, 3.8) is 0 Å². The van der Waals surface area contributed by atoms with Crippen LogP contribution in [0.2, 0.25) is 0 Å². The van der Waals surface area contributed by atoms with Crippen molar-refractivity contribution in [3.8, 4) is 0 Å². The van der Waals surface area contributed by atoms with Crippen molar-refractivity contribution < 1.29 is 19.2 Å². The van der Waals surface area contributed by atoms with Crippen molar-refractivity contribution in [2.75, 3.05) is 18.5 Å². The van der Waals surface area contributed by atoms with Crippen LogP contribution in [-0.2, 0) is 4.79 Å². The molecule has 92 valence electrons. The molecule has 7 heteroatoms. The number of carbonyl (C=O) groups is 1. The van der Waals surface area contributed by atoms with Gasteiger partial charge in [0.15, 0.2) is 0 Å². The van der Waals surface area contributed by atoms with Crippen molar-refractivity contribution in [1.82, 2.24) is 0 Å². The van der Waals surface area contributed by atoms with Gasteiger partial charge < -0.3 is 10.0 Å². The number of anilines is 1. The number of rotatable bonds is 4. The molecule has 1 N–H and O–H groups in total. The summed E-state index contributed by atoms with van der Waals surface area (Å²) < 4.78 is 13.2. The highest BCUT2D eigenvalue weighted by Gasteiger charge is 2.21. The molecule has 0 radical (unpaired) electrons. The first kappa shape index (κ1) is 12.9. The van der Waals surface area contributed by atoms with Gasteiger partial charge in [-0.15, -0.1) is 0 Å². The highest BCUT2D eigenvalue weighted by molar-refractivity contribution is 5.76. The SMILES string of the molecule is Cc1cc(N(C)CC(=O)O)c([N+](=O)[O-])cc1F. The summed E-state index contributed by atoms with van der Waals surface area (Å²) in [6.45, 7) is 1.06. The average Bonchev–Trinajstić information content (AvgIpc) is 2.19. The topological polar surface area (TPSA) is 83.7 Å². The number of aliphatic carboxylic acids is 1. The number of carboxylic acids is 1. The van der Waals surface area contributed by atoms with Gasteiger partial charge in [0.25, 0.3) is 5.69 Å². The maximum atomic E-state index is 13.2. The predicted octanol–water partition coefficient (Wildman–Crippen LogP) is 1.56. The number of nitrogens with zero attached hydrogens (tertiary/aromatic N) is 2. The molecule has 0 unspecified atom stereocenters. The van der Waals surface area contributed by atoms with Gasteiger partial charge >= 0.3 is 5.97 Å². The molecule has 6 nitrogen and oxygen atoms in total. The smallest absolute Gasteiger partial charge is 0.323 e. The van der Waals surface area contributed by atoms with Crippen LogP contribution in [-0.4, -0.2) is 29.6 Å². The summed E-state index contributed by atoms with van der Waals surface area (Å²) >= 11 is 0. The summed E-state index contributed by atoms with van der Waals surface area (Å²) in [6, 6.07) is 2.05. The van der Waals surface area contributed by atoms with Gasteiger partial charge in [-0.3, -0.25) is 14.9 Å². The van der Waals surface area contributed by atoms with Crippen molar-refractivity contribution >= 4 is 17.3 Å². The second-order valence-corrected chi connectivity index (χ2v) is 3.60. The van der Waals surface area contributed by atoms with Crippen molar-refractivity contribution in [2.45, 2.75) is 6.92 Å². The number of benzene rings is 1. The zero-order chi connectivity index (χ0) is 13.2. The van der Waals surface area contributed by atoms with Crippen LogP contribution in [0.1, 0.15) is 5.56 Å². The Morgan fingerprint density at radius 2 is 2.18 bits per heavy atom. The number of halogens is 1. The quantitative estimate of drug-likeness (QED) is 0.639. The van der Waals surface area contributed by atoms with E-state index >= 15 is 0 Å². The molecular formula is C10H11FN2O4. The Balaban J connectivity index is 3.25. The number of likely N-dealkylation sites (N-methyl/N-ethyl adjacent to an activating group) is 1. The maximum Gasteiger partial charge on any atom is 0.323 e. The highest BCUT2D eigenvalue weighted by atomic mass is 19.1. The molecule has 0 heterocycles. The molecule has 1 rings (SSSR count). The summed E-state index contributed by atoms with van der Waals surface area (Å²) in [5, 5.41) is 19.4. The fraction of sp³-hybridized carbons (Fsp3) is 0.300. The second kappa shape index (κ2) is 4.77. The molecule has 0 aliphatic rings. The first-order chi connectivity index (χ1) is 7.82. The van der Waals surface area contributed by atoms with Gasteiger partial charge in [0, 0.05) is 7.05 Å². The van der Waals surface area contributed by atoms with E-state index in [1.807, 2.05) is 0 Å². The third-order valence-corrected chi connectivity index (χ3v) is 2.24. The lowest BCUT2D eigenvalue weighted by Gasteiger charge is -2.17. The number of nitro benzene ring substituents is 1. The van der Waals surface area contributed by atoms with Gasteiger partial charge in [0.2, 0.25) is 0 Å². The van der Waals surface area contributed by atoms with Gasteiger partial charge in [-0.25, -0.2) is 4.39 Å². The van der Waals surface area contributed by atoms with Crippen LogP contribution in [0.5, 0.6) is 0 Å². The fourth-order valence-corrected chi connectivity index (χ4v) is 1.40. The summed E-state index contributed by atoms with van der Waals surface area (Å²) in [6.07, 6.45) is 0. The molecule has 0 saturated carbocycles. The molecule has 0 spiro atoms. The van der Waals surface area contributed by atoms with E-state index in [0.717, 1.165) is 6.07 Å². The third kappa shape index (κ3) is 2.90. The lowest BCUT2D eigenvalue weighted by molar-refractivity contribution is -0.384. The van der Waals surface area contributed by atoms with Crippen LogP contribution in [0.25, 0.3) is 0 Å². The molecule has 0 saturated heterocycles. The van der Waals surface area contributed by atoms with E-state index in [9.17, 15) is 19.3 Å². The van der Waals surface area contributed by atoms with Gasteiger partial charge in [0.05, 0.1) is 11.0 Å². The lowest BCUT2D eigenvalue weighted by Crippen LogP contribution is -2.26. The number of hydrogen-bond acceptors (Lipinski definition) is 4. The van der Waals surface area contributed by atoms with Crippen LogP contribution in [0.3, 0.4) is 0 Å².